The summed E-state index contributed by atoms with van der Waals surface area (Å²) >= 11 is 0. The van der Waals surface area contributed by atoms with Gasteiger partial charge < -0.3 is 9.67 Å². The van der Waals surface area contributed by atoms with Crippen molar-refractivity contribution in [3.63, 3.8) is 0 Å². The number of nitrogens with zero attached hydrogens (tertiary/aromatic N) is 2. The zero-order valence-electron chi connectivity index (χ0n) is 10.8. The van der Waals surface area contributed by atoms with Crippen molar-refractivity contribution in [2.75, 3.05) is 0 Å². The van der Waals surface area contributed by atoms with Gasteiger partial charge in [0.15, 0.2) is 0 Å². The molecule has 0 radical (unpaired) electrons. The molecule has 0 aliphatic heterocycles. The molecule has 1 aromatic heterocycles. The minimum atomic E-state index is -0.372. The zero-order valence-corrected chi connectivity index (χ0v) is 10.8. The molecule has 1 aromatic rings. The van der Waals surface area contributed by atoms with E-state index >= 15 is 0 Å². The monoisotopic (exact) mass is 224 g/mol. The summed E-state index contributed by atoms with van der Waals surface area (Å²) in [5.74, 6) is 0.710. The van der Waals surface area contributed by atoms with Gasteiger partial charge in [-0.15, -0.1) is 0 Å². The Morgan fingerprint density at radius 2 is 1.94 bits per heavy atom. The van der Waals surface area contributed by atoms with Crippen LogP contribution in [-0.2, 0) is 0 Å². The van der Waals surface area contributed by atoms with Crippen molar-refractivity contribution in [1.29, 1.82) is 0 Å². The number of hydrogen-bond donors (Lipinski definition) is 1. The molecule has 0 amide bonds. The molecule has 1 rings (SSSR count). The van der Waals surface area contributed by atoms with Gasteiger partial charge in [0.2, 0.25) is 0 Å². The fraction of sp³-hybridized carbons (Fsp3) is 0.769. The maximum atomic E-state index is 10.1. The number of hydrogen-bond acceptors (Lipinski definition) is 2. The highest BCUT2D eigenvalue weighted by Gasteiger charge is 2.14. The van der Waals surface area contributed by atoms with E-state index in [4.69, 9.17) is 0 Å². The lowest BCUT2D eigenvalue weighted by Gasteiger charge is -2.16. The van der Waals surface area contributed by atoms with E-state index in [0.717, 1.165) is 18.5 Å². The highest BCUT2D eigenvalue weighted by atomic mass is 16.3. The van der Waals surface area contributed by atoms with E-state index in [1.807, 2.05) is 4.57 Å². The Bertz CT molecular complexity index is 305. The van der Waals surface area contributed by atoms with E-state index in [1.54, 1.807) is 12.5 Å². The van der Waals surface area contributed by atoms with Crippen molar-refractivity contribution in [3.05, 3.63) is 18.2 Å². The summed E-state index contributed by atoms with van der Waals surface area (Å²) in [6.07, 6.45) is 6.28. The second-order valence-corrected chi connectivity index (χ2v) is 5.16. The average Bonchev–Trinajstić information content (AvgIpc) is 2.65. The summed E-state index contributed by atoms with van der Waals surface area (Å²) in [6, 6.07) is 0.359. The van der Waals surface area contributed by atoms with E-state index in [-0.39, 0.29) is 6.10 Å². The molecule has 0 saturated heterocycles. The summed E-state index contributed by atoms with van der Waals surface area (Å²) in [5, 5.41) is 10.1. The van der Waals surface area contributed by atoms with Crippen molar-refractivity contribution in [2.24, 2.45) is 5.92 Å². The van der Waals surface area contributed by atoms with Crippen molar-refractivity contribution in [1.82, 2.24) is 9.55 Å². The van der Waals surface area contributed by atoms with Gasteiger partial charge in [-0.05, 0) is 26.2 Å². The summed E-state index contributed by atoms with van der Waals surface area (Å²) in [4.78, 5) is 4.11. The summed E-state index contributed by atoms with van der Waals surface area (Å²) < 4.78 is 2.04. The highest BCUT2D eigenvalue weighted by Crippen LogP contribution is 2.22. The molecule has 1 heterocycles. The molecular weight excluding hydrogens is 200 g/mol. The predicted octanol–water partition coefficient (Wildman–Crippen LogP) is 3.32. The third-order valence-electron chi connectivity index (χ3n) is 2.85. The van der Waals surface area contributed by atoms with Gasteiger partial charge in [-0.2, -0.15) is 0 Å². The predicted molar refractivity (Wildman–Crippen MR) is 66.3 cm³/mol. The van der Waals surface area contributed by atoms with Crippen LogP contribution in [0.5, 0.6) is 0 Å². The first-order valence-corrected chi connectivity index (χ1v) is 6.22. The van der Waals surface area contributed by atoms with Gasteiger partial charge in [0.25, 0.3) is 0 Å². The molecular formula is C13H24N2O. The first-order chi connectivity index (χ1) is 7.52. The standard InChI is InChI=1S/C13H24N2O/c1-10(2)6-5-7-13(16)12-8-14-9-15(12)11(3)4/h8-11,13,16H,5-7H2,1-4H3. The number of aromatic nitrogens is 2. The van der Waals surface area contributed by atoms with Crippen molar-refractivity contribution in [3.8, 4) is 0 Å². The Morgan fingerprint density at radius 1 is 1.25 bits per heavy atom. The molecule has 0 bridgehead atoms. The van der Waals surface area contributed by atoms with Crippen LogP contribution in [-0.4, -0.2) is 14.7 Å². The zero-order chi connectivity index (χ0) is 12.1. The Morgan fingerprint density at radius 3 is 2.50 bits per heavy atom. The lowest BCUT2D eigenvalue weighted by molar-refractivity contribution is 0.151. The van der Waals surface area contributed by atoms with Crippen molar-refractivity contribution < 1.29 is 5.11 Å². The fourth-order valence-corrected chi connectivity index (χ4v) is 1.87. The van der Waals surface area contributed by atoms with Gasteiger partial charge in [0.05, 0.1) is 24.3 Å². The minimum Gasteiger partial charge on any atom is -0.387 e. The molecule has 1 N–H and O–H groups in total. The van der Waals surface area contributed by atoms with E-state index in [9.17, 15) is 5.11 Å². The molecule has 1 atom stereocenters. The molecule has 16 heavy (non-hydrogen) atoms. The molecule has 1 unspecified atom stereocenters. The molecule has 0 saturated carbocycles. The van der Waals surface area contributed by atoms with Crippen molar-refractivity contribution >= 4 is 0 Å². The van der Waals surface area contributed by atoms with Crippen LogP contribution >= 0.6 is 0 Å². The molecule has 0 aliphatic carbocycles. The molecule has 0 spiro atoms. The maximum absolute atomic E-state index is 10.1. The fourth-order valence-electron chi connectivity index (χ4n) is 1.87. The lowest BCUT2D eigenvalue weighted by Crippen LogP contribution is -2.09. The third-order valence-corrected chi connectivity index (χ3v) is 2.85. The van der Waals surface area contributed by atoms with E-state index in [0.29, 0.717) is 12.0 Å². The van der Waals surface area contributed by atoms with Gasteiger partial charge in [-0.1, -0.05) is 26.7 Å². The number of aliphatic hydroxyl groups excluding tert-OH is 1. The van der Waals surface area contributed by atoms with Gasteiger partial charge in [-0.25, -0.2) is 4.98 Å². The maximum Gasteiger partial charge on any atom is 0.0955 e. The average molecular weight is 224 g/mol. The first kappa shape index (κ1) is 13.2. The molecule has 3 heteroatoms. The SMILES string of the molecule is CC(C)CCCC(O)c1cncn1C(C)C. The van der Waals surface area contributed by atoms with Crippen LogP contribution in [0.1, 0.15) is 64.8 Å². The van der Waals surface area contributed by atoms with Gasteiger partial charge in [-0.3, -0.25) is 0 Å². The van der Waals surface area contributed by atoms with Crippen LogP contribution in [0.3, 0.4) is 0 Å². The third kappa shape index (κ3) is 3.63. The number of imidazole rings is 1. The largest absolute Gasteiger partial charge is 0.387 e. The topological polar surface area (TPSA) is 38.1 Å². The van der Waals surface area contributed by atoms with E-state index in [2.05, 4.69) is 32.7 Å². The van der Waals surface area contributed by atoms with Crippen LogP contribution in [0.25, 0.3) is 0 Å². The molecule has 92 valence electrons. The van der Waals surface area contributed by atoms with Crippen LogP contribution in [0.4, 0.5) is 0 Å². The number of rotatable bonds is 6. The van der Waals surface area contributed by atoms with Crippen LogP contribution in [0, 0.1) is 5.92 Å². The molecule has 0 fully saturated rings. The summed E-state index contributed by atoms with van der Waals surface area (Å²) in [6.45, 7) is 8.63. The number of aliphatic hydroxyl groups is 1. The Balaban J connectivity index is 2.52. The van der Waals surface area contributed by atoms with Gasteiger partial charge >= 0.3 is 0 Å². The molecule has 0 aromatic carbocycles. The Hall–Kier alpha value is -0.830. The highest BCUT2D eigenvalue weighted by molar-refractivity contribution is 5.03. The molecule has 0 aliphatic rings. The first-order valence-electron chi connectivity index (χ1n) is 6.22. The second kappa shape index (κ2) is 6.04. The molecule has 3 nitrogen and oxygen atoms in total. The van der Waals surface area contributed by atoms with Gasteiger partial charge in [0.1, 0.15) is 0 Å². The van der Waals surface area contributed by atoms with E-state index in [1.165, 1.54) is 6.42 Å². The lowest BCUT2D eigenvalue weighted by atomic mass is 10.0. The van der Waals surface area contributed by atoms with Crippen LogP contribution in [0.2, 0.25) is 0 Å². The summed E-state index contributed by atoms with van der Waals surface area (Å²) in [5.41, 5.74) is 0.943. The quantitative estimate of drug-likeness (QED) is 0.805. The minimum absolute atomic E-state index is 0.359. The second-order valence-electron chi connectivity index (χ2n) is 5.16. The van der Waals surface area contributed by atoms with Crippen LogP contribution in [0.15, 0.2) is 12.5 Å². The smallest absolute Gasteiger partial charge is 0.0955 e. The van der Waals surface area contributed by atoms with Gasteiger partial charge in [0, 0.05) is 6.04 Å². The normalized spacial score (nSPS) is 13.7. The summed E-state index contributed by atoms with van der Waals surface area (Å²) in [7, 11) is 0. The van der Waals surface area contributed by atoms with Crippen molar-refractivity contribution in [2.45, 2.75) is 59.1 Å². The Labute approximate surface area is 98.5 Å². The van der Waals surface area contributed by atoms with Crippen LogP contribution < -0.4 is 0 Å². The Kier molecular flexibility index (Phi) is 5.00. The van der Waals surface area contributed by atoms with E-state index < -0.39 is 0 Å².